The van der Waals surface area contributed by atoms with E-state index in [1.165, 1.54) is 6.08 Å². The highest BCUT2D eigenvalue weighted by atomic mass is 16.5. The summed E-state index contributed by atoms with van der Waals surface area (Å²) >= 11 is 0. The first-order chi connectivity index (χ1) is 13.5. The van der Waals surface area contributed by atoms with Crippen molar-refractivity contribution in [2.45, 2.75) is 57.8 Å². The number of carbonyl (C=O) groups is 1. The normalized spacial score (nSPS) is 22.8. The zero-order valence-corrected chi connectivity index (χ0v) is 16.8. The first-order valence-electron chi connectivity index (χ1n) is 9.84. The number of aromatic nitrogens is 2. The molecule has 1 aromatic heterocycles. The lowest BCUT2D eigenvalue weighted by molar-refractivity contribution is -0.118. The van der Waals surface area contributed by atoms with Gasteiger partial charge in [0.2, 0.25) is 5.91 Å². The molecular formula is C22H29N3O3. The summed E-state index contributed by atoms with van der Waals surface area (Å²) in [7, 11) is 1.88. The average molecular weight is 383 g/mol. The van der Waals surface area contributed by atoms with E-state index >= 15 is 0 Å². The lowest BCUT2D eigenvalue weighted by Gasteiger charge is -2.28. The second-order valence-corrected chi connectivity index (χ2v) is 7.40. The smallest absolute Gasteiger partial charge is 0.244 e. The topological polar surface area (TPSA) is 76.4 Å². The van der Waals surface area contributed by atoms with Gasteiger partial charge in [0.25, 0.3) is 0 Å². The molecule has 150 valence electrons. The number of ether oxygens (including phenoxy) is 1. The molecule has 0 saturated heterocycles. The summed E-state index contributed by atoms with van der Waals surface area (Å²) in [4.78, 5) is 12.5. The van der Waals surface area contributed by atoms with E-state index in [0.29, 0.717) is 0 Å². The molecule has 6 heteroatoms. The largest absolute Gasteiger partial charge is 0.488 e. The molecule has 1 aromatic carbocycles. The Bertz CT molecular complexity index is 829. The molecular weight excluding hydrogens is 354 g/mol. The Hall–Kier alpha value is -2.60. The molecule has 1 amide bonds. The minimum atomic E-state index is -0.748. The van der Waals surface area contributed by atoms with E-state index in [-0.39, 0.29) is 18.1 Å². The van der Waals surface area contributed by atoms with Crippen LogP contribution in [0.2, 0.25) is 0 Å². The van der Waals surface area contributed by atoms with Crippen LogP contribution in [0.5, 0.6) is 5.75 Å². The van der Waals surface area contributed by atoms with Crippen LogP contribution in [0, 0.1) is 13.8 Å². The van der Waals surface area contributed by atoms with Crippen LogP contribution in [0.25, 0.3) is 6.08 Å². The number of aliphatic hydroxyl groups is 1. The summed E-state index contributed by atoms with van der Waals surface area (Å²) in [5.41, 5.74) is 2.84. The molecule has 1 aliphatic rings. The molecule has 0 bridgehead atoms. The molecule has 0 aliphatic heterocycles. The second-order valence-electron chi connectivity index (χ2n) is 7.40. The number of amides is 1. The zero-order chi connectivity index (χ0) is 20.1. The van der Waals surface area contributed by atoms with Crippen LogP contribution in [-0.4, -0.2) is 39.0 Å². The van der Waals surface area contributed by atoms with Crippen molar-refractivity contribution in [3.8, 4) is 5.75 Å². The second kappa shape index (κ2) is 9.06. The predicted octanol–water partition coefficient (Wildman–Crippen LogP) is 2.92. The molecule has 28 heavy (non-hydrogen) atoms. The number of hydrogen-bond donors (Lipinski definition) is 2. The third-order valence-electron chi connectivity index (χ3n) is 5.37. The van der Waals surface area contributed by atoms with Crippen LogP contribution in [0.4, 0.5) is 0 Å². The number of hydrogen-bond acceptors (Lipinski definition) is 4. The Morgan fingerprint density at radius 2 is 1.96 bits per heavy atom. The third-order valence-corrected chi connectivity index (χ3v) is 5.37. The minimum Gasteiger partial charge on any atom is -0.488 e. The Balaban J connectivity index is 1.64. The Kier molecular flexibility index (Phi) is 6.52. The monoisotopic (exact) mass is 383 g/mol. The molecule has 2 aromatic rings. The Morgan fingerprint density at radius 1 is 1.25 bits per heavy atom. The molecule has 1 saturated carbocycles. The maximum absolute atomic E-state index is 12.5. The summed E-state index contributed by atoms with van der Waals surface area (Å²) in [6, 6.07) is 9.18. The van der Waals surface area contributed by atoms with Crippen molar-refractivity contribution in [2.75, 3.05) is 0 Å². The maximum atomic E-state index is 12.5. The van der Waals surface area contributed by atoms with Crippen molar-refractivity contribution in [3.05, 3.63) is 53.4 Å². The van der Waals surface area contributed by atoms with Crippen molar-refractivity contribution in [2.24, 2.45) is 7.05 Å². The molecule has 1 fully saturated rings. The molecule has 3 rings (SSSR count). The van der Waals surface area contributed by atoms with Crippen LogP contribution in [0.3, 0.4) is 0 Å². The number of carbonyl (C=O) groups excluding carboxylic acids is 1. The number of aliphatic hydroxyl groups excluding tert-OH is 1. The fraction of sp³-hybridized carbons (Fsp3) is 0.455. The molecule has 0 unspecified atom stereocenters. The van der Waals surface area contributed by atoms with Gasteiger partial charge in [0.15, 0.2) is 0 Å². The Labute approximate surface area is 166 Å². The van der Waals surface area contributed by atoms with Crippen LogP contribution in [0.15, 0.2) is 36.4 Å². The summed E-state index contributed by atoms with van der Waals surface area (Å²) in [5.74, 6) is 0.521. The first-order valence-corrected chi connectivity index (χ1v) is 9.84. The van der Waals surface area contributed by atoms with E-state index in [9.17, 15) is 9.90 Å². The summed E-state index contributed by atoms with van der Waals surface area (Å²) in [5, 5.41) is 18.1. The van der Waals surface area contributed by atoms with Crippen LogP contribution >= 0.6 is 0 Å². The summed E-state index contributed by atoms with van der Waals surface area (Å²) in [6.45, 7) is 3.89. The van der Waals surface area contributed by atoms with Crippen molar-refractivity contribution < 1.29 is 14.6 Å². The molecule has 6 nitrogen and oxygen atoms in total. The van der Waals surface area contributed by atoms with Gasteiger partial charge in [0, 0.05) is 24.4 Å². The highest BCUT2D eigenvalue weighted by Gasteiger charge is 2.32. The predicted molar refractivity (Wildman–Crippen MR) is 109 cm³/mol. The average Bonchev–Trinajstić information content (AvgIpc) is 2.81. The van der Waals surface area contributed by atoms with Gasteiger partial charge in [-0.05, 0) is 51.3 Å². The van der Waals surface area contributed by atoms with E-state index < -0.39 is 6.10 Å². The van der Waals surface area contributed by atoms with Crippen LogP contribution in [0.1, 0.15) is 42.6 Å². The Morgan fingerprint density at radius 3 is 2.64 bits per heavy atom. The van der Waals surface area contributed by atoms with Crippen LogP contribution < -0.4 is 10.1 Å². The summed E-state index contributed by atoms with van der Waals surface area (Å²) < 4.78 is 7.79. The number of nitrogens with one attached hydrogen (secondary N) is 1. The lowest BCUT2D eigenvalue weighted by Crippen LogP contribution is -2.48. The van der Waals surface area contributed by atoms with E-state index in [0.717, 1.165) is 48.4 Å². The van der Waals surface area contributed by atoms with Crippen molar-refractivity contribution >= 4 is 12.0 Å². The number of benzene rings is 1. The number of para-hydroxylation sites is 1. The standard InChI is InChI=1S/C22H29N3O3/c1-15-18(16(2)25(3)24-15)13-14-21(26)23-19-11-7-8-12-20(22(19)27)28-17-9-5-4-6-10-17/h4-6,9-10,13-14,19-20,22,27H,7-8,11-12H2,1-3H3,(H,23,26)/t19-,20-,22-/m1/s1. The molecule has 1 aliphatic carbocycles. The molecule has 2 N–H and O–H groups in total. The molecule has 3 atom stereocenters. The molecule has 0 spiro atoms. The first kappa shape index (κ1) is 20.1. The van der Waals surface area contributed by atoms with Crippen molar-refractivity contribution in [3.63, 3.8) is 0 Å². The third kappa shape index (κ3) is 4.81. The van der Waals surface area contributed by atoms with Gasteiger partial charge in [-0.3, -0.25) is 9.48 Å². The molecule has 0 radical (unpaired) electrons. The lowest BCUT2D eigenvalue weighted by atomic mass is 10.0. The van der Waals surface area contributed by atoms with Gasteiger partial charge in [-0.2, -0.15) is 5.10 Å². The van der Waals surface area contributed by atoms with Gasteiger partial charge in [-0.25, -0.2) is 0 Å². The fourth-order valence-corrected chi connectivity index (χ4v) is 3.69. The highest BCUT2D eigenvalue weighted by molar-refractivity contribution is 5.92. The van der Waals surface area contributed by atoms with Crippen molar-refractivity contribution in [1.82, 2.24) is 15.1 Å². The number of aryl methyl sites for hydroxylation is 2. The van der Waals surface area contributed by atoms with Crippen LogP contribution in [-0.2, 0) is 11.8 Å². The minimum absolute atomic E-state index is 0.216. The van der Waals surface area contributed by atoms with Gasteiger partial charge in [0.05, 0.1) is 11.7 Å². The van der Waals surface area contributed by atoms with E-state index in [4.69, 9.17) is 4.74 Å². The SMILES string of the molecule is Cc1nn(C)c(C)c1C=CC(=O)N[C@@H]1CCCC[C@@H](Oc2ccccc2)[C@@H]1O. The van der Waals surface area contributed by atoms with Gasteiger partial charge in [-0.1, -0.05) is 24.6 Å². The fourth-order valence-electron chi connectivity index (χ4n) is 3.69. The van der Waals surface area contributed by atoms with Gasteiger partial charge >= 0.3 is 0 Å². The van der Waals surface area contributed by atoms with E-state index in [1.54, 1.807) is 10.8 Å². The number of rotatable bonds is 5. The van der Waals surface area contributed by atoms with Gasteiger partial charge < -0.3 is 15.2 Å². The summed E-state index contributed by atoms with van der Waals surface area (Å²) in [6.07, 6.45) is 5.64. The van der Waals surface area contributed by atoms with Gasteiger partial charge in [-0.15, -0.1) is 0 Å². The zero-order valence-electron chi connectivity index (χ0n) is 16.8. The van der Waals surface area contributed by atoms with E-state index in [2.05, 4.69) is 10.4 Å². The maximum Gasteiger partial charge on any atom is 0.244 e. The number of nitrogens with zero attached hydrogens (tertiary/aromatic N) is 2. The molecule has 1 heterocycles. The quantitative estimate of drug-likeness (QED) is 0.615. The van der Waals surface area contributed by atoms with Gasteiger partial charge in [0.1, 0.15) is 18.0 Å². The van der Waals surface area contributed by atoms with E-state index in [1.807, 2.05) is 51.2 Å². The highest BCUT2D eigenvalue weighted by Crippen LogP contribution is 2.24. The van der Waals surface area contributed by atoms with Crippen molar-refractivity contribution in [1.29, 1.82) is 0 Å².